The second-order valence-electron chi connectivity index (χ2n) is 4.63. The van der Waals surface area contributed by atoms with Crippen molar-refractivity contribution in [1.82, 2.24) is 10.2 Å². The number of likely N-dealkylation sites (tertiary alicyclic amines) is 1. The minimum absolute atomic E-state index is 0.250. The maximum atomic E-state index is 11.3. The van der Waals surface area contributed by atoms with E-state index in [1.165, 1.54) is 0 Å². The zero-order valence-corrected chi connectivity index (χ0v) is 9.11. The molecule has 2 rings (SSSR count). The number of carboxylic acid groups (broad SMARTS) is 1. The van der Waals surface area contributed by atoms with Gasteiger partial charge in [-0.15, -0.1) is 0 Å². The van der Waals surface area contributed by atoms with Gasteiger partial charge in [0.05, 0.1) is 0 Å². The van der Waals surface area contributed by atoms with Crippen LogP contribution in [0.4, 0.5) is 0 Å². The van der Waals surface area contributed by atoms with Crippen LogP contribution in [0.5, 0.6) is 0 Å². The highest BCUT2D eigenvalue weighted by molar-refractivity contribution is 5.74. The Hall–Kier alpha value is -0.610. The van der Waals surface area contributed by atoms with Crippen LogP contribution in [0.25, 0.3) is 0 Å². The standard InChI is InChI=1S/C11H20N2O2/c14-11(15)10(13-6-1-2-7-13)9-4-3-5-12-8-9/h9-10,12H,1-8H2,(H,14,15). The van der Waals surface area contributed by atoms with Gasteiger partial charge in [-0.3, -0.25) is 9.69 Å². The highest BCUT2D eigenvalue weighted by atomic mass is 16.4. The van der Waals surface area contributed by atoms with Crippen molar-refractivity contribution < 1.29 is 9.90 Å². The van der Waals surface area contributed by atoms with Crippen LogP contribution >= 0.6 is 0 Å². The summed E-state index contributed by atoms with van der Waals surface area (Å²) in [4.78, 5) is 13.5. The number of nitrogens with one attached hydrogen (secondary N) is 1. The fourth-order valence-corrected chi connectivity index (χ4v) is 2.82. The molecular weight excluding hydrogens is 192 g/mol. The Morgan fingerprint density at radius 2 is 2.07 bits per heavy atom. The topological polar surface area (TPSA) is 52.6 Å². The SMILES string of the molecule is O=C(O)C(C1CCCNC1)N1CCCC1. The zero-order valence-electron chi connectivity index (χ0n) is 9.11. The Balaban J connectivity index is 2.00. The van der Waals surface area contributed by atoms with Crippen LogP contribution in [0.2, 0.25) is 0 Å². The summed E-state index contributed by atoms with van der Waals surface area (Å²) in [7, 11) is 0. The number of hydrogen-bond donors (Lipinski definition) is 2. The predicted octanol–water partition coefficient (Wildman–Crippen LogP) is 0.535. The summed E-state index contributed by atoms with van der Waals surface area (Å²) in [5, 5.41) is 12.6. The Kier molecular flexibility index (Phi) is 3.59. The molecule has 15 heavy (non-hydrogen) atoms. The summed E-state index contributed by atoms with van der Waals surface area (Å²) in [6.45, 7) is 3.84. The van der Waals surface area contributed by atoms with Crippen molar-refractivity contribution in [1.29, 1.82) is 0 Å². The van der Waals surface area contributed by atoms with Crippen LogP contribution in [0.1, 0.15) is 25.7 Å². The molecule has 0 aliphatic carbocycles. The highest BCUT2D eigenvalue weighted by Crippen LogP contribution is 2.23. The summed E-state index contributed by atoms with van der Waals surface area (Å²) in [5.41, 5.74) is 0. The molecule has 2 unspecified atom stereocenters. The van der Waals surface area contributed by atoms with E-state index in [9.17, 15) is 9.90 Å². The van der Waals surface area contributed by atoms with E-state index in [1.54, 1.807) is 0 Å². The number of rotatable bonds is 3. The molecule has 4 nitrogen and oxygen atoms in total. The molecule has 0 saturated carbocycles. The Bertz CT molecular complexity index is 221. The molecule has 0 bridgehead atoms. The normalized spacial score (nSPS) is 30.3. The average molecular weight is 212 g/mol. The molecule has 2 saturated heterocycles. The lowest BCUT2D eigenvalue weighted by Gasteiger charge is -2.33. The molecule has 2 aliphatic heterocycles. The fraction of sp³-hybridized carbons (Fsp3) is 0.909. The van der Waals surface area contributed by atoms with E-state index in [0.29, 0.717) is 5.92 Å². The molecule has 2 N–H and O–H groups in total. The van der Waals surface area contributed by atoms with E-state index in [4.69, 9.17) is 0 Å². The predicted molar refractivity (Wildman–Crippen MR) is 57.8 cm³/mol. The van der Waals surface area contributed by atoms with Crippen molar-refractivity contribution in [2.45, 2.75) is 31.7 Å². The molecule has 0 spiro atoms. The van der Waals surface area contributed by atoms with Crippen LogP contribution < -0.4 is 5.32 Å². The van der Waals surface area contributed by atoms with E-state index < -0.39 is 5.97 Å². The summed E-state index contributed by atoms with van der Waals surface area (Å²) in [6, 6.07) is -0.250. The summed E-state index contributed by atoms with van der Waals surface area (Å²) >= 11 is 0. The van der Waals surface area contributed by atoms with Gasteiger partial charge in [-0.2, -0.15) is 0 Å². The number of carbonyl (C=O) groups is 1. The maximum absolute atomic E-state index is 11.3. The maximum Gasteiger partial charge on any atom is 0.321 e. The van der Waals surface area contributed by atoms with E-state index in [2.05, 4.69) is 10.2 Å². The van der Waals surface area contributed by atoms with Crippen LogP contribution in [0.15, 0.2) is 0 Å². The van der Waals surface area contributed by atoms with Crippen LogP contribution in [-0.2, 0) is 4.79 Å². The highest BCUT2D eigenvalue weighted by Gasteiger charge is 2.35. The second kappa shape index (κ2) is 4.94. The van der Waals surface area contributed by atoms with Crippen molar-refractivity contribution in [3.63, 3.8) is 0 Å². The molecule has 0 aromatic heterocycles. The van der Waals surface area contributed by atoms with Gasteiger partial charge < -0.3 is 10.4 Å². The van der Waals surface area contributed by atoms with Gasteiger partial charge in [-0.25, -0.2) is 0 Å². The molecule has 0 radical (unpaired) electrons. The van der Waals surface area contributed by atoms with Crippen molar-refractivity contribution in [3.8, 4) is 0 Å². The molecule has 86 valence electrons. The van der Waals surface area contributed by atoms with Gasteiger partial charge in [0.1, 0.15) is 6.04 Å². The molecule has 0 amide bonds. The van der Waals surface area contributed by atoms with Crippen molar-refractivity contribution in [3.05, 3.63) is 0 Å². The van der Waals surface area contributed by atoms with Crippen molar-refractivity contribution >= 4 is 5.97 Å². The molecular formula is C11H20N2O2. The molecule has 2 aliphatic rings. The molecule has 2 fully saturated rings. The smallest absolute Gasteiger partial charge is 0.321 e. The third kappa shape index (κ3) is 2.49. The van der Waals surface area contributed by atoms with E-state index in [1.807, 2.05) is 0 Å². The van der Waals surface area contributed by atoms with E-state index in [-0.39, 0.29) is 6.04 Å². The van der Waals surface area contributed by atoms with Gasteiger partial charge in [-0.1, -0.05) is 0 Å². The minimum Gasteiger partial charge on any atom is -0.480 e. The number of aliphatic carboxylic acids is 1. The summed E-state index contributed by atoms with van der Waals surface area (Å²) in [6.07, 6.45) is 4.48. The van der Waals surface area contributed by atoms with Gasteiger partial charge in [-0.05, 0) is 51.2 Å². The summed E-state index contributed by atoms with van der Waals surface area (Å²) < 4.78 is 0. The zero-order chi connectivity index (χ0) is 10.7. The first kappa shape index (κ1) is 10.9. The number of piperidine rings is 1. The monoisotopic (exact) mass is 212 g/mol. The minimum atomic E-state index is -0.634. The lowest BCUT2D eigenvalue weighted by molar-refractivity contribution is -0.145. The Labute approximate surface area is 90.6 Å². The first-order valence-electron chi connectivity index (χ1n) is 5.96. The van der Waals surface area contributed by atoms with Crippen LogP contribution in [0, 0.1) is 5.92 Å². The lowest BCUT2D eigenvalue weighted by atomic mass is 9.91. The van der Waals surface area contributed by atoms with Gasteiger partial charge >= 0.3 is 5.97 Å². The first-order chi connectivity index (χ1) is 7.29. The molecule has 2 heterocycles. The van der Waals surface area contributed by atoms with Gasteiger partial charge in [0.2, 0.25) is 0 Å². The third-order valence-electron chi connectivity index (χ3n) is 3.57. The number of hydrogen-bond acceptors (Lipinski definition) is 3. The van der Waals surface area contributed by atoms with Crippen LogP contribution in [-0.4, -0.2) is 48.2 Å². The molecule has 2 atom stereocenters. The van der Waals surface area contributed by atoms with Gasteiger partial charge in [0.15, 0.2) is 0 Å². The van der Waals surface area contributed by atoms with Crippen molar-refractivity contribution in [2.75, 3.05) is 26.2 Å². The molecule has 0 aromatic rings. The average Bonchev–Trinajstić information content (AvgIpc) is 2.72. The molecule has 4 heteroatoms. The van der Waals surface area contributed by atoms with E-state index >= 15 is 0 Å². The summed E-state index contributed by atoms with van der Waals surface area (Å²) in [5.74, 6) is -0.333. The lowest BCUT2D eigenvalue weighted by Crippen LogP contribution is -2.49. The first-order valence-corrected chi connectivity index (χ1v) is 5.96. The van der Waals surface area contributed by atoms with E-state index in [0.717, 1.165) is 51.9 Å². The third-order valence-corrected chi connectivity index (χ3v) is 3.57. The van der Waals surface area contributed by atoms with Crippen molar-refractivity contribution in [2.24, 2.45) is 5.92 Å². The fourth-order valence-electron chi connectivity index (χ4n) is 2.82. The number of carboxylic acids is 1. The quantitative estimate of drug-likeness (QED) is 0.716. The number of nitrogens with zero attached hydrogens (tertiary/aromatic N) is 1. The Morgan fingerprint density at radius 3 is 2.60 bits per heavy atom. The van der Waals surface area contributed by atoms with Gasteiger partial charge in [0, 0.05) is 6.54 Å². The molecule has 0 aromatic carbocycles. The van der Waals surface area contributed by atoms with Crippen LogP contribution in [0.3, 0.4) is 0 Å². The second-order valence-corrected chi connectivity index (χ2v) is 4.63. The van der Waals surface area contributed by atoms with Gasteiger partial charge in [0.25, 0.3) is 0 Å². The Morgan fingerprint density at radius 1 is 1.33 bits per heavy atom. The largest absolute Gasteiger partial charge is 0.480 e.